The fraction of sp³-hybridized carbons (Fsp3) is 0.571. The van der Waals surface area contributed by atoms with Gasteiger partial charge in [-0.3, -0.25) is 0 Å². The third-order valence-electron chi connectivity index (χ3n) is 3.13. The molecule has 0 bridgehead atoms. The van der Waals surface area contributed by atoms with Gasteiger partial charge in [0.05, 0.1) is 0 Å². The highest BCUT2D eigenvalue weighted by molar-refractivity contribution is 9.10. The molecule has 2 rings (SSSR count). The first-order valence-corrected chi connectivity index (χ1v) is 7.20. The van der Waals surface area contributed by atoms with Gasteiger partial charge in [-0.1, -0.05) is 34.1 Å². The van der Waals surface area contributed by atoms with Crippen molar-refractivity contribution in [3.63, 3.8) is 0 Å². The van der Waals surface area contributed by atoms with Crippen molar-refractivity contribution in [1.82, 2.24) is 10.2 Å². The number of halogens is 1. The summed E-state index contributed by atoms with van der Waals surface area (Å²) in [7, 11) is 2.19. The Morgan fingerprint density at radius 2 is 2.12 bits per heavy atom. The Morgan fingerprint density at radius 1 is 1.35 bits per heavy atom. The fourth-order valence-electron chi connectivity index (χ4n) is 1.94. The van der Waals surface area contributed by atoms with Gasteiger partial charge in [-0.2, -0.15) is 0 Å². The van der Waals surface area contributed by atoms with Crippen molar-refractivity contribution in [3.05, 3.63) is 34.3 Å². The van der Waals surface area contributed by atoms with E-state index in [0.717, 1.165) is 25.7 Å². The van der Waals surface area contributed by atoms with Gasteiger partial charge in [0.15, 0.2) is 0 Å². The van der Waals surface area contributed by atoms with Crippen LogP contribution in [-0.4, -0.2) is 31.1 Å². The monoisotopic (exact) mass is 296 g/mol. The van der Waals surface area contributed by atoms with Crippen molar-refractivity contribution in [2.45, 2.75) is 31.8 Å². The minimum atomic E-state index is 0.837. The second-order valence-electron chi connectivity index (χ2n) is 4.91. The number of nitrogens with zero attached hydrogens (tertiary/aromatic N) is 1. The van der Waals surface area contributed by atoms with Crippen molar-refractivity contribution >= 4 is 15.9 Å². The molecule has 0 unspecified atom stereocenters. The molecular formula is C14H21BrN2. The number of nitrogens with one attached hydrogen (secondary N) is 1. The highest BCUT2D eigenvalue weighted by Gasteiger charge is 2.19. The molecule has 1 aromatic carbocycles. The standard InChI is InChI=1S/C14H21BrN2/c1-17(10-4-9-16-13-7-8-13)11-12-5-2-3-6-14(12)15/h2-3,5-6,13,16H,4,7-11H2,1H3. The minimum absolute atomic E-state index is 0.837. The molecule has 1 fully saturated rings. The summed E-state index contributed by atoms with van der Waals surface area (Å²) in [6, 6.07) is 9.29. The molecule has 1 aliphatic rings. The summed E-state index contributed by atoms with van der Waals surface area (Å²) in [5.41, 5.74) is 1.37. The van der Waals surface area contributed by atoms with Crippen LogP contribution in [0.15, 0.2) is 28.7 Å². The largest absolute Gasteiger partial charge is 0.314 e. The quantitative estimate of drug-likeness (QED) is 0.778. The zero-order chi connectivity index (χ0) is 12.1. The van der Waals surface area contributed by atoms with Gasteiger partial charge in [-0.15, -0.1) is 0 Å². The lowest BCUT2D eigenvalue weighted by atomic mass is 10.2. The zero-order valence-electron chi connectivity index (χ0n) is 10.5. The van der Waals surface area contributed by atoms with Crippen molar-refractivity contribution in [3.8, 4) is 0 Å². The van der Waals surface area contributed by atoms with Crippen LogP contribution >= 0.6 is 15.9 Å². The lowest BCUT2D eigenvalue weighted by molar-refractivity contribution is 0.319. The molecule has 0 heterocycles. The number of benzene rings is 1. The number of hydrogen-bond donors (Lipinski definition) is 1. The minimum Gasteiger partial charge on any atom is -0.314 e. The highest BCUT2D eigenvalue weighted by atomic mass is 79.9. The van der Waals surface area contributed by atoms with Crippen LogP contribution in [0.3, 0.4) is 0 Å². The topological polar surface area (TPSA) is 15.3 Å². The Labute approximate surface area is 113 Å². The SMILES string of the molecule is CN(CCCNC1CC1)Cc1ccccc1Br. The van der Waals surface area contributed by atoms with E-state index in [4.69, 9.17) is 0 Å². The summed E-state index contributed by atoms with van der Waals surface area (Å²) in [4.78, 5) is 2.38. The van der Waals surface area contributed by atoms with Crippen LogP contribution in [0.2, 0.25) is 0 Å². The van der Waals surface area contributed by atoms with Gasteiger partial charge in [0.2, 0.25) is 0 Å². The fourth-order valence-corrected chi connectivity index (χ4v) is 2.35. The van der Waals surface area contributed by atoms with Crippen molar-refractivity contribution in [1.29, 1.82) is 0 Å². The average Bonchev–Trinajstić information content (AvgIpc) is 3.12. The van der Waals surface area contributed by atoms with Crippen LogP contribution in [0.25, 0.3) is 0 Å². The average molecular weight is 297 g/mol. The molecule has 17 heavy (non-hydrogen) atoms. The van der Waals surface area contributed by atoms with Gasteiger partial charge >= 0.3 is 0 Å². The summed E-state index contributed by atoms with van der Waals surface area (Å²) >= 11 is 3.59. The highest BCUT2D eigenvalue weighted by Crippen LogP contribution is 2.19. The van der Waals surface area contributed by atoms with E-state index in [1.807, 2.05) is 0 Å². The van der Waals surface area contributed by atoms with Crippen LogP contribution in [0.5, 0.6) is 0 Å². The lowest BCUT2D eigenvalue weighted by Crippen LogP contribution is -2.25. The molecule has 0 radical (unpaired) electrons. The second kappa shape index (κ2) is 6.53. The predicted octanol–water partition coefficient (Wildman–Crippen LogP) is 3.02. The number of rotatable bonds is 7. The third-order valence-corrected chi connectivity index (χ3v) is 3.90. The van der Waals surface area contributed by atoms with Crippen LogP contribution in [0.4, 0.5) is 0 Å². The first-order valence-electron chi connectivity index (χ1n) is 6.41. The molecule has 2 nitrogen and oxygen atoms in total. The summed E-state index contributed by atoms with van der Waals surface area (Å²) < 4.78 is 1.21. The maximum Gasteiger partial charge on any atom is 0.0241 e. The van der Waals surface area contributed by atoms with E-state index < -0.39 is 0 Å². The van der Waals surface area contributed by atoms with Gasteiger partial charge in [0.1, 0.15) is 0 Å². The predicted molar refractivity (Wildman–Crippen MR) is 76.1 cm³/mol. The first-order chi connectivity index (χ1) is 8.25. The molecule has 3 heteroatoms. The van der Waals surface area contributed by atoms with Gasteiger partial charge < -0.3 is 10.2 Å². The Morgan fingerprint density at radius 3 is 2.82 bits per heavy atom. The van der Waals surface area contributed by atoms with E-state index >= 15 is 0 Å². The molecule has 1 N–H and O–H groups in total. The molecule has 0 saturated heterocycles. The van der Waals surface area contributed by atoms with Crippen LogP contribution < -0.4 is 5.32 Å². The van der Waals surface area contributed by atoms with Crippen LogP contribution in [0, 0.1) is 0 Å². The van der Waals surface area contributed by atoms with Crippen molar-refractivity contribution in [2.75, 3.05) is 20.1 Å². The molecule has 0 spiro atoms. The van der Waals surface area contributed by atoms with Gasteiger partial charge in [-0.25, -0.2) is 0 Å². The van der Waals surface area contributed by atoms with E-state index in [2.05, 4.69) is 57.5 Å². The Balaban J connectivity index is 1.65. The summed E-state index contributed by atoms with van der Waals surface area (Å²) in [6.45, 7) is 3.33. The summed E-state index contributed by atoms with van der Waals surface area (Å²) in [5.74, 6) is 0. The molecule has 0 atom stereocenters. The maximum absolute atomic E-state index is 3.59. The normalized spacial score (nSPS) is 15.5. The van der Waals surface area contributed by atoms with Crippen molar-refractivity contribution < 1.29 is 0 Å². The van der Waals surface area contributed by atoms with E-state index in [1.165, 1.54) is 29.3 Å². The molecule has 0 aliphatic heterocycles. The molecule has 1 aliphatic carbocycles. The third kappa shape index (κ3) is 4.78. The van der Waals surface area contributed by atoms with E-state index in [-0.39, 0.29) is 0 Å². The number of hydrogen-bond acceptors (Lipinski definition) is 2. The second-order valence-corrected chi connectivity index (χ2v) is 5.77. The summed E-state index contributed by atoms with van der Waals surface area (Å²) in [6.07, 6.45) is 4.00. The molecule has 0 aromatic heterocycles. The summed E-state index contributed by atoms with van der Waals surface area (Å²) in [5, 5.41) is 3.55. The van der Waals surface area contributed by atoms with Crippen LogP contribution in [0.1, 0.15) is 24.8 Å². The molecule has 0 amide bonds. The Hall–Kier alpha value is -0.380. The van der Waals surface area contributed by atoms with Crippen LogP contribution in [-0.2, 0) is 6.54 Å². The van der Waals surface area contributed by atoms with Gasteiger partial charge in [-0.05, 0) is 51.0 Å². The van der Waals surface area contributed by atoms with E-state index in [1.54, 1.807) is 0 Å². The van der Waals surface area contributed by atoms with Gasteiger partial charge in [0, 0.05) is 17.1 Å². The molecule has 1 aromatic rings. The molecular weight excluding hydrogens is 276 g/mol. The van der Waals surface area contributed by atoms with Crippen molar-refractivity contribution in [2.24, 2.45) is 0 Å². The smallest absolute Gasteiger partial charge is 0.0241 e. The maximum atomic E-state index is 3.59. The Kier molecular flexibility index (Phi) is 5.01. The van der Waals surface area contributed by atoms with Gasteiger partial charge in [0.25, 0.3) is 0 Å². The first kappa shape index (κ1) is 13.1. The Bertz CT molecular complexity index is 350. The molecule has 94 valence electrons. The zero-order valence-corrected chi connectivity index (χ0v) is 12.0. The molecule has 1 saturated carbocycles. The van der Waals surface area contributed by atoms with E-state index in [9.17, 15) is 0 Å². The van der Waals surface area contributed by atoms with E-state index in [0.29, 0.717) is 0 Å². The lowest BCUT2D eigenvalue weighted by Gasteiger charge is -2.17.